The highest BCUT2D eigenvalue weighted by Gasteiger charge is 2.31. The standard InChI is InChI=1S/C22H24N2OS/c1-2-25-20-12-10-18(11-13-20)22-24-19(15-26-22)14-23-21(17-8-9-17)16-6-4-3-5-7-16/h3-7,10-13,15,17,21,23H,2,8-9,14H2,1H3. The molecule has 1 aliphatic carbocycles. The van der Waals surface area contributed by atoms with Gasteiger partial charge in [-0.15, -0.1) is 11.3 Å². The van der Waals surface area contributed by atoms with Gasteiger partial charge in [0.25, 0.3) is 0 Å². The summed E-state index contributed by atoms with van der Waals surface area (Å²) >= 11 is 1.70. The van der Waals surface area contributed by atoms with Crippen molar-refractivity contribution in [2.75, 3.05) is 6.61 Å². The fourth-order valence-electron chi connectivity index (χ4n) is 3.24. The summed E-state index contributed by atoms with van der Waals surface area (Å²) < 4.78 is 5.51. The molecule has 4 rings (SSSR count). The van der Waals surface area contributed by atoms with Crippen LogP contribution in [0.4, 0.5) is 0 Å². The monoisotopic (exact) mass is 364 g/mol. The topological polar surface area (TPSA) is 34.1 Å². The van der Waals surface area contributed by atoms with Crippen molar-refractivity contribution in [1.29, 1.82) is 0 Å². The van der Waals surface area contributed by atoms with Crippen LogP contribution in [0.2, 0.25) is 0 Å². The normalized spacial score (nSPS) is 15.0. The molecule has 0 amide bonds. The van der Waals surface area contributed by atoms with Crippen LogP contribution < -0.4 is 10.1 Å². The third-order valence-corrected chi connectivity index (χ3v) is 5.66. The lowest BCUT2D eigenvalue weighted by atomic mass is 10.0. The number of hydrogen-bond acceptors (Lipinski definition) is 4. The summed E-state index contributed by atoms with van der Waals surface area (Å²) in [7, 11) is 0. The van der Waals surface area contributed by atoms with Crippen molar-refractivity contribution < 1.29 is 4.74 Å². The number of ether oxygens (including phenoxy) is 1. The van der Waals surface area contributed by atoms with Gasteiger partial charge < -0.3 is 10.1 Å². The Morgan fingerprint density at radius 2 is 1.88 bits per heavy atom. The van der Waals surface area contributed by atoms with E-state index in [0.29, 0.717) is 12.6 Å². The molecule has 1 heterocycles. The van der Waals surface area contributed by atoms with Gasteiger partial charge in [0.05, 0.1) is 12.3 Å². The van der Waals surface area contributed by atoms with Crippen molar-refractivity contribution in [3.63, 3.8) is 0 Å². The molecule has 1 atom stereocenters. The number of nitrogens with one attached hydrogen (secondary N) is 1. The van der Waals surface area contributed by atoms with Crippen LogP contribution in [0.5, 0.6) is 5.75 Å². The molecule has 0 radical (unpaired) electrons. The van der Waals surface area contributed by atoms with Crippen LogP contribution in [-0.2, 0) is 6.54 Å². The Balaban J connectivity index is 1.41. The van der Waals surface area contributed by atoms with Crippen molar-refractivity contribution in [2.24, 2.45) is 5.92 Å². The molecule has 2 aromatic carbocycles. The predicted molar refractivity (Wildman–Crippen MR) is 107 cm³/mol. The van der Waals surface area contributed by atoms with Crippen molar-refractivity contribution in [2.45, 2.75) is 32.4 Å². The zero-order valence-corrected chi connectivity index (χ0v) is 15.8. The highest BCUT2D eigenvalue weighted by molar-refractivity contribution is 7.13. The van der Waals surface area contributed by atoms with Crippen LogP contribution in [0, 0.1) is 5.92 Å². The van der Waals surface area contributed by atoms with Crippen molar-refractivity contribution in [3.8, 4) is 16.3 Å². The zero-order chi connectivity index (χ0) is 17.8. The smallest absolute Gasteiger partial charge is 0.123 e. The van der Waals surface area contributed by atoms with Crippen LogP contribution in [0.15, 0.2) is 60.0 Å². The molecule has 0 aliphatic heterocycles. The molecule has 0 saturated heterocycles. The molecule has 3 nitrogen and oxygen atoms in total. The number of thiazole rings is 1. The second-order valence-electron chi connectivity index (χ2n) is 6.71. The van der Waals surface area contributed by atoms with E-state index in [0.717, 1.165) is 34.5 Å². The minimum Gasteiger partial charge on any atom is -0.494 e. The van der Waals surface area contributed by atoms with E-state index in [1.807, 2.05) is 19.1 Å². The fraction of sp³-hybridized carbons (Fsp3) is 0.318. The first-order valence-electron chi connectivity index (χ1n) is 9.29. The number of hydrogen-bond donors (Lipinski definition) is 1. The van der Waals surface area contributed by atoms with Gasteiger partial charge >= 0.3 is 0 Å². The quantitative estimate of drug-likeness (QED) is 0.577. The molecule has 134 valence electrons. The molecule has 0 bridgehead atoms. The fourth-order valence-corrected chi connectivity index (χ4v) is 4.07. The van der Waals surface area contributed by atoms with E-state index in [2.05, 4.69) is 53.2 Å². The average molecular weight is 365 g/mol. The highest BCUT2D eigenvalue weighted by atomic mass is 32.1. The minimum atomic E-state index is 0.437. The van der Waals surface area contributed by atoms with E-state index < -0.39 is 0 Å². The number of benzene rings is 2. The first-order valence-corrected chi connectivity index (χ1v) is 10.2. The van der Waals surface area contributed by atoms with Gasteiger partial charge in [-0.3, -0.25) is 0 Å². The summed E-state index contributed by atoms with van der Waals surface area (Å²) in [6, 6.07) is 19.4. The maximum atomic E-state index is 5.51. The summed E-state index contributed by atoms with van der Waals surface area (Å²) in [6.07, 6.45) is 2.64. The van der Waals surface area contributed by atoms with Crippen molar-refractivity contribution >= 4 is 11.3 Å². The molecule has 4 heteroatoms. The number of aromatic nitrogens is 1. The summed E-state index contributed by atoms with van der Waals surface area (Å²) in [5.41, 5.74) is 3.64. The Labute approximate surface area is 159 Å². The molecule has 1 N–H and O–H groups in total. The van der Waals surface area contributed by atoms with Gasteiger partial charge in [-0.05, 0) is 55.5 Å². The Kier molecular flexibility index (Phi) is 5.32. The van der Waals surface area contributed by atoms with Gasteiger partial charge in [0.2, 0.25) is 0 Å². The van der Waals surface area contributed by atoms with Gasteiger partial charge in [-0.2, -0.15) is 0 Å². The van der Waals surface area contributed by atoms with Crippen LogP contribution in [-0.4, -0.2) is 11.6 Å². The van der Waals surface area contributed by atoms with Gasteiger partial charge in [-0.25, -0.2) is 4.98 Å². The minimum absolute atomic E-state index is 0.437. The van der Waals surface area contributed by atoms with Gasteiger partial charge in [0.15, 0.2) is 0 Å². The predicted octanol–water partition coefficient (Wildman–Crippen LogP) is 5.45. The zero-order valence-electron chi connectivity index (χ0n) is 15.0. The maximum absolute atomic E-state index is 5.51. The SMILES string of the molecule is CCOc1ccc(-c2nc(CNC(c3ccccc3)C3CC3)cs2)cc1. The second-order valence-corrected chi connectivity index (χ2v) is 7.57. The molecular formula is C22H24N2OS. The molecule has 1 unspecified atom stereocenters. The Morgan fingerprint density at radius 3 is 2.58 bits per heavy atom. The summed E-state index contributed by atoms with van der Waals surface area (Å²) in [5, 5.41) is 6.95. The molecule has 3 aromatic rings. The Hall–Kier alpha value is -2.17. The largest absolute Gasteiger partial charge is 0.494 e. The van der Waals surface area contributed by atoms with Crippen molar-refractivity contribution in [3.05, 3.63) is 71.2 Å². The van der Waals surface area contributed by atoms with Gasteiger partial charge in [0, 0.05) is 23.5 Å². The summed E-state index contributed by atoms with van der Waals surface area (Å²) in [6.45, 7) is 3.50. The van der Waals surface area contributed by atoms with E-state index in [4.69, 9.17) is 9.72 Å². The van der Waals surface area contributed by atoms with Crippen LogP contribution in [0.25, 0.3) is 10.6 Å². The first kappa shape index (κ1) is 17.3. The Bertz CT molecular complexity index is 825. The van der Waals surface area contributed by atoms with Crippen LogP contribution >= 0.6 is 11.3 Å². The molecular weight excluding hydrogens is 340 g/mol. The van der Waals surface area contributed by atoms with Gasteiger partial charge in [0.1, 0.15) is 10.8 Å². The van der Waals surface area contributed by atoms with E-state index in [9.17, 15) is 0 Å². The first-order chi connectivity index (χ1) is 12.8. The number of rotatable bonds is 8. The van der Waals surface area contributed by atoms with E-state index in [1.54, 1.807) is 11.3 Å². The van der Waals surface area contributed by atoms with Crippen molar-refractivity contribution in [1.82, 2.24) is 10.3 Å². The van der Waals surface area contributed by atoms with E-state index in [1.165, 1.54) is 18.4 Å². The maximum Gasteiger partial charge on any atom is 0.123 e. The van der Waals surface area contributed by atoms with Crippen LogP contribution in [0.1, 0.15) is 37.1 Å². The lowest BCUT2D eigenvalue weighted by molar-refractivity contribution is 0.340. The number of nitrogens with zero attached hydrogens (tertiary/aromatic N) is 1. The van der Waals surface area contributed by atoms with E-state index >= 15 is 0 Å². The second kappa shape index (κ2) is 8.02. The third kappa shape index (κ3) is 4.14. The lowest BCUT2D eigenvalue weighted by Gasteiger charge is -2.18. The molecule has 0 spiro atoms. The highest BCUT2D eigenvalue weighted by Crippen LogP contribution is 2.41. The molecule has 1 saturated carbocycles. The lowest BCUT2D eigenvalue weighted by Crippen LogP contribution is -2.22. The third-order valence-electron chi connectivity index (χ3n) is 4.72. The van der Waals surface area contributed by atoms with Crippen LogP contribution in [0.3, 0.4) is 0 Å². The molecule has 1 aliphatic rings. The summed E-state index contributed by atoms with van der Waals surface area (Å²) in [4.78, 5) is 4.82. The average Bonchev–Trinajstić information content (AvgIpc) is 3.41. The molecule has 26 heavy (non-hydrogen) atoms. The van der Waals surface area contributed by atoms with Gasteiger partial charge in [-0.1, -0.05) is 30.3 Å². The molecule has 1 aromatic heterocycles. The Morgan fingerprint density at radius 1 is 1.12 bits per heavy atom. The summed E-state index contributed by atoms with van der Waals surface area (Å²) in [5.74, 6) is 1.67. The molecule has 1 fully saturated rings. The van der Waals surface area contributed by atoms with E-state index in [-0.39, 0.29) is 0 Å².